The molecule has 4 rings (SSSR count). The molecule has 2 heterocycles. The van der Waals surface area contributed by atoms with Crippen LogP contribution in [-0.4, -0.2) is 41.1 Å². The fourth-order valence-corrected chi connectivity index (χ4v) is 4.38. The lowest BCUT2D eigenvalue weighted by molar-refractivity contribution is -0.121. The van der Waals surface area contributed by atoms with Crippen LogP contribution in [0.5, 0.6) is 5.75 Å². The summed E-state index contributed by atoms with van der Waals surface area (Å²) in [6.45, 7) is 2.02. The van der Waals surface area contributed by atoms with Gasteiger partial charge in [0.05, 0.1) is 23.7 Å². The van der Waals surface area contributed by atoms with E-state index in [1.807, 2.05) is 0 Å². The molecule has 2 aromatic carbocycles. The molecule has 168 valence electrons. The molecule has 1 aliphatic rings. The van der Waals surface area contributed by atoms with E-state index in [1.54, 1.807) is 43.5 Å². The van der Waals surface area contributed by atoms with E-state index in [1.165, 1.54) is 0 Å². The molecule has 1 aromatic heterocycles. The highest BCUT2D eigenvalue weighted by atomic mass is 35.5. The number of nitrogens with one attached hydrogen (secondary N) is 1. The highest BCUT2D eigenvalue weighted by Crippen LogP contribution is 2.30. The molecular weight excluding hydrogens is 475 g/mol. The van der Waals surface area contributed by atoms with Crippen LogP contribution in [0.15, 0.2) is 40.9 Å². The number of carbonyl (C=O) groups excluding carboxylic acids is 1. The molecule has 1 fully saturated rings. The van der Waals surface area contributed by atoms with Crippen LogP contribution in [0.3, 0.4) is 0 Å². The summed E-state index contributed by atoms with van der Waals surface area (Å²) in [5.41, 5.74) is 1.32. The number of piperidine rings is 1. The minimum absolute atomic E-state index is 0.0108. The molecule has 0 atom stereocenters. The average molecular weight is 496 g/mol. The smallest absolute Gasteiger partial charge is 0.241 e. The van der Waals surface area contributed by atoms with Crippen LogP contribution >= 0.6 is 34.8 Å². The molecule has 0 bridgehead atoms. The Labute approximate surface area is 200 Å². The van der Waals surface area contributed by atoms with Gasteiger partial charge < -0.3 is 14.6 Å². The summed E-state index contributed by atoms with van der Waals surface area (Å²) in [6, 6.07) is 10.3. The van der Waals surface area contributed by atoms with Crippen LogP contribution < -0.4 is 10.1 Å². The van der Waals surface area contributed by atoms with E-state index >= 15 is 0 Å². The molecule has 32 heavy (non-hydrogen) atoms. The number of hydrogen-bond donors (Lipinski definition) is 1. The van der Waals surface area contributed by atoms with Gasteiger partial charge >= 0.3 is 0 Å². The number of amides is 1. The minimum Gasteiger partial charge on any atom is -0.495 e. The maximum Gasteiger partial charge on any atom is 0.241 e. The number of nitrogens with zero attached hydrogens (tertiary/aromatic N) is 3. The average Bonchev–Trinajstić information content (AvgIpc) is 3.22. The maximum atomic E-state index is 12.6. The van der Waals surface area contributed by atoms with E-state index in [9.17, 15) is 4.79 Å². The summed E-state index contributed by atoms with van der Waals surface area (Å²) in [6.07, 6.45) is 1.47. The maximum absolute atomic E-state index is 12.6. The number of ether oxygens (including phenoxy) is 1. The fraction of sp³-hybridized carbons (Fsp3) is 0.318. The molecule has 1 saturated heterocycles. The molecule has 1 amide bonds. The van der Waals surface area contributed by atoms with Gasteiger partial charge in [0, 0.05) is 22.2 Å². The Kier molecular flexibility index (Phi) is 7.20. The van der Waals surface area contributed by atoms with Crippen molar-refractivity contribution in [1.29, 1.82) is 0 Å². The Morgan fingerprint density at radius 2 is 1.94 bits per heavy atom. The van der Waals surface area contributed by atoms with Gasteiger partial charge in [0.2, 0.25) is 17.6 Å². The van der Waals surface area contributed by atoms with Crippen molar-refractivity contribution in [3.8, 4) is 17.1 Å². The van der Waals surface area contributed by atoms with Crippen LogP contribution in [0.1, 0.15) is 18.7 Å². The number of aromatic nitrogens is 2. The summed E-state index contributed by atoms with van der Waals surface area (Å²) >= 11 is 18.3. The first-order valence-corrected chi connectivity index (χ1v) is 11.2. The van der Waals surface area contributed by atoms with E-state index in [0.29, 0.717) is 50.3 Å². The number of benzene rings is 2. The van der Waals surface area contributed by atoms with Crippen molar-refractivity contribution in [2.45, 2.75) is 19.4 Å². The third kappa shape index (κ3) is 5.35. The van der Waals surface area contributed by atoms with Gasteiger partial charge in [-0.3, -0.25) is 9.69 Å². The topological polar surface area (TPSA) is 80.5 Å². The molecule has 0 saturated carbocycles. The van der Waals surface area contributed by atoms with Crippen molar-refractivity contribution in [2.75, 3.05) is 25.5 Å². The van der Waals surface area contributed by atoms with Gasteiger partial charge in [-0.15, -0.1) is 0 Å². The first-order valence-electron chi connectivity index (χ1n) is 10.1. The van der Waals surface area contributed by atoms with Gasteiger partial charge in [0.1, 0.15) is 5.75 Å². The monoisotopic (exact) mass is 494 g/mol. The van der Waals surface area contributed by atoms with Gasteiger partial charge in [-0.1, -0.05) is 40.0 Å². The Bertz CT molecular complexity index is 1110. The van der Waals surface area contributed by atoms with Gasteiger partial charge in [-0.25, -0.2) is 0 Å². The van der Waals surface area contributed by atoms with Gasteiger partial charge in [0.25, 0.3) is 0 Å². The summed E-state index contributed by atoms with van der Waals surface area (Å²) in [5.74, 6) is 1.41. The molecule has 0 aliphatic carbocycles. The Morgan fingerprint density at radius 3 is 2.62 bits per heavy atom. The number of likely N-dealkylation sites (tertiary alicyclic amines) is 1. The Balaban J connectivity index is 1.30. The van der Waals surface area contributed by atoms with E-state index in [0.717, 1.165) is 25.9 Å². The zero-order chi connectivity index (χ0) is 22.7. The number of methoxy groups -OCH3 is 1. The molecular formula is C22H21Cl3N4O3. The summed E-state index contributed by atoms with van der Waals surface area (Å²) in [4.78, 5) is 19.3. The second-order valence-electron chi connectivity index (χ2n) is 7.52. The zero-order valence-corrected chi connectivity index (χ0v) is 19.5. The van der Waals surface area contributed by atoms with Crippen LogP contribution in [0, 0.1) is 5.92 Å². The van der Waals surface area contributed by atoms with Crippen LogP contribution in [0.4, 0.5) is 5.69 Å². The lowest BCUT2D eigenvalue weighted by atomic mass is 9.96. The SMILES string of the molecule is COc1ccc(NC(=O)C2CCN(Cc3nc(-c4ccc(Cl)cc4Cl)no3)CC2)cc1Cl. The van der Waals surface area contributed by atoms with Gasteiger partial charge in [0.15, 0.2) is 0 Å². The fourth-order valence-electron chi connectivity index (χ4n) is 3.63. The number of rotatable bonds is 6. The van der Waals surface area contributed by atoms with E-state index in [2.05, 4.69) is 20.4 Å². The lowest BCUT2D eigenvalue weighted by Crippen LogP contribution is -2.37. The third-order valence-electron chi connectivity index (χ3n) is 5.38. The third-order valence-corrected chi connectivity index (χ3v) is 6.22. The molecule has 3 aromatic rings. The lowest BCUT2D eigenvalue weighted by Gasteiger charge is -2.30. The highest BCUT2D eigenvalue weighted by molar-refractivity contribution is 6.36. The number of carbonyl (C=O) groups is 1. The van der Waals surface area contributed by atoms with Crippen LogP contribution in [0.2, 0.25) is 15.1 Å². The summed E-state index contributed by atoms with van der Waals surface area (Å²) < 4.78 is 10.5. The first kappa shape index (κ1) is 22.9. The normalized spacial score (nSPS) is 15.0. The van der Waals surface area contributed by atoms with Crippen molar-refractivity contribution in [3.05, 3.63) is 57.4 Å². The molecule has 1 aliphatic heterocycles. The highest BCUT2D eigenvalue weighted by Gasteiger charge is 2.26. The number of halogens is 3. The van der Waals surface area contributed by atoms with Crippen LogP contribution in [-0.2, 0) is 11.3 Å². The number of hydrogen-bond acceptors (Lipinski definition) is 6. The van der Waals surface area contributed by atoms with Crippen molar-refractivity contribution in [3.63, 3.8) is 0 Å². The van der Waals surface area contributed by atoms with Gasteiger partial charge in [-0.2, -0.15) is 4.98 Å². The second-order valence-corrected chi connectivity index (χ2v) is 8.78. The molecule has 1 N–H and O–H groups in total. The van der Waals surface area contributed by atoms with Crippen molar-refractivity contribution in [2.24, 2.45) is 5.92 Å². The van der Waals surface area contributed by atoms with E-state index in [-0.39, 0.29) is 11.8 Å². The molecule has 7 nitrogen and oxygen atoms in total. The standard InChI is InChI=1S/C22H21Cl3N4O3/c1-31-19-5-3-15(11-18(19)25)26-22(30)13-6-8-29(9-7-13)12-20-27-21(28-32-20)16-4-2-14(23)10-17(16)24/h2-5,10-11,13H,6-9,12H2,1H3,(H,26,30). The molecule has 0 unspecified atom stereocenters. The second kappa shape index (κ2) is 10.1. The zero-order valence-electron chi connectivity index (χ0n) is 17.3. The van der Waals surface area contributed by atoms with E-state index < -0.39 is 0 Å². The quantitative estimate of drug-likeness (QED) is 0.482. The predicted molar refractivity (Wildman–Crippen MR) is 124 cm³/mol. The Hall–Kier alpha value is -2.32. The summed E-state index contributed by atoms with van der Waals surface area (Å²) in [5, 5.41) is 8.44. The van der Waals surface area contributed by atoms with E-state index in [4.69, 9.17) is 44.1 Å². The van der Waals surface area contributed by atoms with Gasteiger partial charge in [-0.05, 0) is 62.3 Å². The van der Waals surface area contributed by atoms with Crippen molar-refractivity contribution >= 4 is 46.4 Å². The predicted octanol–water partition coefficient (Wildman–Crippen LogP) is 5.56. The first-order chi connectivity index (χ1) is 15.4. The Morgan fingerprint density at radius 1 is 1.16 bits per heavy atom. The van der Waals surface area contributed by atoms with Crippen molar-refractivity contribution in [1.82, 2.24) is 15.0 Å². The molecule has 0 radical (unpaired) electrons. The molecule has 0 spiro atoms. The number of anilines is 1. The van der Waals surface area contributed by atoms with Crippen LogP contribution in [0.25, 0.3) is 11.4 Å². The largest absolute Gasteiger partial charge is 0.495 e. The molecule has 10 heteroatoms. The summed E-state index contributed by atoms with van der Waals surface area (Å²) in [7, 11) is 1.55. The minimum atomic E-state index is -0.0711. The van der Waals surface area contributed by atoms with Crippen molar-refractivity contribution < 1.29 is 14.1 Å².